The van der Waals surface area contributed by atoms with Crippen molar-refractivity contribution in [2.24, 2.45) is 0 Å². The summed E-state index contributed by atoms with van der Waals surface area (Å²) in [6, 6.07) is 8.91. The van der Waals surface area contributed by atoms with E-state index in [2.05, 4.69) is 31.9 Å². The van der Waals surface area contributed by atoms with E-state index in [1.165, 1.54) is 30.3 Å². The van der Waals surface area contributed by atoms with E-state index < -0.39 is 21.8 Å². The molecule has 2 rings (SSSR count). The van der Waals surface area contributed by atoms with Crippen LogP contribution in [-0.2, 0) is 0 Å². The summed E-state index contributed by atoms with van der Waals surface area (Å²) < 4.78 is 3.55. The molecule has 0 fully saturated rings. The SMILES string of the molecule is O=C(O)c1cccc(NC(=S)N[C@@H](NC(=O)c2ccc(Br)o2)C(Cl)(Cl)Cl)c1. The van der Waals surface area contributed by atoms with Crippen molar-refractivity contribution in [1.82, 2.24) is 10.6 Å². The fraction of sp³-hybridized carbons (Fsp3) is 0.133. The molecule has 0 saturated carbocycles. The van der Waals surface area contributed by atoms with Gasteiger partial charge in [-0.1, -0.05) is 40.9 Å². The molecule has 2 aromatic rings. The molecule has 144 valence electrons. The highest BCUT2D eigenvalue weighted by molar-refractivity contribution is 9.10. The van der Waals surface area contributed by atoms with Gasteiger partial charge in [-0.2, -0.15) is 0 Å². The lowest BCUT2D eigenvalue weighted by atomic mass is 10.2. The van der Waals surface area contributed by atoms with Gasteiger partial charge in [-0.3, -0.25) is 4.79 Å². The predicted octanol–water partition coefficient (Wildman–Crippen LogP) is 4.15. The van der Waals surface area contributed by atoms with E-state index in [-0.39, 0.29) is 16.4 Å². The van der Waals surface area contributed by atoms with Gasteiger partial charge in [0.15, 0.2) is 15.5 Å². The van der Waals surface area contributed by atoms with Gasteiger partial charge in [0.1, 0.15) is 6.17 Å². The molecular formula is C15H11BrCl3N3O4S. The maximum absolute atomic E-state index is 12.2. The normalized spacial score (nSPS) is 12.1. The largest absolute Gasteiger partial charge is 0.478 e. The number of aromatic carboxylic acids is 1. The molecule has 1 heterocycles. The van der Waals surface area contributed by atoms with E-state index in [1.807, 2.05) is 0 Å². The average Bonchev–Trinajstić information content (AvgIpc) is 3.00. The number of hydrogen-bond donors (Lipinski definition) is 4. The van der Waals surface area contributed by atoms with E-state index in [0.29, 0.717) is 10.4 Å². The van der Waals surface area contributed by atoms with Gasteiger partial charge < -0.3 is 25.5 Å². The van der Waals surface area contributed by atoms with Gasteiger partial charge in [0.05, 0.1) is 5.56 Å². The predicted molar refractivity (Wildman–Crippen MR) is 111 cm³/mol. The second kappa shape index (κ2) is 9.11. The number of carbonyl (C=O) groups excluding carboxylic acids is 1. The molecule has 0 unspecified atom stereocenters. The number of thiocarbonyl (C=S) groups is 1. The van der Waals surface area contributed by atoms with Crippen molar-refractivity contribution in [1.29, 1.82) is 0 Å². The van der Waals surface area contributed by atoms with Crippen LogP contribution in [0.15, 0.2) is 45.5 Å². The minimum absolute atomic E-state index is 0.00374. The molecule has 1 amide bonds. The maximum atomic E-state index is 12.2. The van der Waals surface area contributed by atoms with Crippen LogP contribution in [0.4, 0.5) is 5.69 Å². The molecule has 0 bridgehead atoms. The molecule has 0 radical (unpaired) electrons. The summed E-state index contributed by atoms with van der Waals surface area (Å²) in [7, 11) is 0. The topological polar surface area (TPSA) is 104 Å². The summed E-state index contributed by atoms with van der Waals surface area (Å²) >= 11 is 25.9. The number of carboxylic acid groups (broad SMARTS) is 1. The van der Waals surface area contributed by atoms with Crippen molar-refractivity contribution in [2.45, 2.75) is 9.96 Å². The first-order valence-electron chi connectivity index (χ1n) is 7.10. The fourth-order valence-electron chi connectivity index (χ4n) is 1.87. The zero-order valence-electron chi connectivity index (χ0n) is 13.1. The van der Waals surface area contributed by atoms with Crippen molar-refractivity contribution in [2.75, 3.05) is 5.32 Å². The molecule has 0 aliphatic heterocycles. The Labute approximate surface area is 182 Å². The Morgan fingerprint density at radius 3 is 2.44 bits per heavy atom. The van der Waals surface area contributed by atoms with E-state index in [1.54, 1.807) is 6.07 Å². The average molecular weight is 516 g/mol. The Hall–Kier alpha value is -1.52. The van der Waals surface area contributed by atoms with Gasteiger partial charge in [0.25, 0.3) is 5.91 Å². The minimum Gasteiger partial charge on any atom is -0.478 e. The molecule has 27 heavy (non-hydrogen) atoms. The standard InChI is InChI=1S/C15H11BrCl3N3O4S/c16-10-5-4-9(26-10)11(23)21-13(15(17,18)19)22-14(27)20-8-3-1-2-7(6-8)12(24)25/h1-6,13H,(H,21,23)(H,24,25)(H2,20,22,27)/t13-/m1/s1. The molecule has 0 spiro atoms. The number of furan rings is 1. The number of carbonyl (C=O) groups is 2. The molecule has 1 aromatic heterocycles. The van der Waals surface area contributed by atoms with Gasteiger partial charge in [0.2, 0.25) is 3.79 Å². The number of benzene rings is 1. The maximum Gasteiger partial charge on any atom is 0.335 e. The van der Waals surface area contributed by atoms with Gasteiger partial charge in [0, 0.05) is 5.69 Å². The van der Waals surface area contributed by atoms with Crippen LogP contribution in [0.1, 0.15) is 20.9 Å². The summed E-state index contributed by atoms with van der Waals surface area (Å²) in [5.74, 6) is -1.73. The van der Waals surface area contributed by atoms with Crippen molar-refractivity contribution in [3.8, 4) is 0 Å². The van der Waals surface area contributed by atoms with Crippen molar-refractivity contribution >= 4 is 85.6 Å². The van der Waals surface area contributed by atoms with Gasteiger partial charge in [-0.05, 0) is 58.5 Å². The highest BCUT2D eigenvalue weighted by atomic mass is 79.9. The molecule has 0 aliphatic carbocycles. The zero-order valence-corrected chi connectivity index (χ0v) is 17.8. The number of anilines is 1. The van der Waals surface area contributed by atoms with Gasteiger partial charge >= 0.3 is 5.97 Å². The van der Waals surface area contributed by atoms with Crippen LogP contribution >= 0.6 is 63.0 Å². The lowest BCUT2D eigenvalue weighted by molar-refractivity contribution is 0.0696. The Balaban J connectivity index is 2.07. The highest BCUT2D eigenvalue weighted by Gasteiger charge is 2.35. The van der Waals surface area contributed by atoms with Gasteiger partial charge in [-0.15, -0.1) is 0 Å². The number of carboxylic acids is 1. The molecular weight excluding hydrogens is 505 g/mol. The van der Waals surface area contributed by atoms with Crippen LogP contribution in [0, 0.1) is 0 Å². The lowest BCUT2D eigenvalue weighted by Crippen LogP contribution is -2.56. The Kier molecular flexibility index (Phi) is 7.35. The summed E-state index contributed by atoms with van der Waals surface area (Å²) in [6.07, 6.45) is -1.21. The Morgan fingerprint density at radius 2 is 1.89 bits per heavy atom. The first kappa shape index (κ1) is 21.8. The third-order valence-corrected chi connectivity index (χ3v) is 4.34. The smallest absolute Gasteiger partial charge is 0.335 e. The molecule has 4 N–H and O–H groups in total. The summed E-state index contributed by atoms with van der Waals surface area (Å²) in [5.41, 5.74) is 0.467. The first-order valence-corrected chi connectivity index (χ1v) is 9.43. The van der Waals surface area contributed by atoms with E-state index >= 15 is 0 Å². The van der Waals surface area contributed by atoms with Crippen LogP contribution < -0.4 is 16.0 Å². The van der Waals surface area contributed by atoms with E-state index in [9.17, 15) is 9.59 Å². The molecule has 12 heteroatoms. The van der Waals surface area contributed by atoms with Crippen LogP contribution in [0.2, 0.25) is 0 Å². The molecule has 0 aliphatic rings. The minimum atomic E-state index is -1.95. The Morgan fingerprint density at radius 1 is 1.19 bits per heavy atom. The number of amides is 1. The molecule has 1 atom stereocenters. The van der Waals surface area contributed by atoms with Gasteiger partial charge in [-0.25, -0.2) is 4.79 Å². The monoisotopic (exact) mass is 513 g/mol. The fourth-order valence-corrected chi connectivity index (χ4v) is 2.74. The van der Waals surface area contributed by atoms with Crippen LogP contribution in [0.3, 0.4) is 0 Å². The van der Waals surface area contributed by atoms with Crippen molar-refractivity contribution < 1.29 is 19.1 Å². The van der Waals surface area contributed by atoms with Crippen LogP contribution in [0.25, 0.3) is 0 Å². The van der Waals surface area contributed by atoms with Crippen molar-refractivity contribution in [3.05, 3.63) is 52.4 Å². The third kappa shape index (κ3) is 6.54. The first-order chi connectivity index (χ1) is 12.6. The quantitative estimate of drug-likeness (QED) is 0.269. The Bertz CT molecular complexity index is 872. The second-order valence-corrected chi connectivity index (χ2v) is 8.60. The summed E-state index contributed by atoms with van der Waals surface area (Å²) in [5, 5.41) is 16.9. The number of rotatable bonds is 5. The number of halogens is 4. The molecule has 1 aromatic carbocycles. The number of nitrogens with one attached hydrogen (secondary N) is 3. The van der Waals surface area contributed by atoms with Crippen LogP contribution in [-0.4, -0.2) is 32.1 Å². The summed E-state index contributed by atoms with van der Waals surface area (Å²) in [4.78, 5) is 23.2. The lowest BCUT2D eigenvalue weighted by Gasteiger charge is -2.27. The third-order valence-electron chi connectivity index (χ3n) is 3.04. The molecule has 7 nitrogen and oxygen atoms in total. The number of alkyl halides is 3. The highest BCUT2D eigenvalue weighted by Crippen LogP contribution is 2.29. The van der Waals surface area contributed by atoms with E-state index in [0.717, 1.165) is 0 Å². The summed E-state index contributed by atoms with van der Waals surface area (Å²) in [6.45, 7) is 0. The molecule has 0 saturated heterocycles. The van der Waals surface area contributed by atoms with Crippen molar-refractivity contribution in [3.63, 3.8) is 0 Å². The van der Waals surface area contributed by atoms with E-state index in [4.69, 9.17) is 56.5 Å². The van der Waals surface area contributed by atoms with Crippen LogP contribution in [0.5, 0.6) is 0 Å². The second-order valence-electron chi connectivity index (χ2n) is 5.04. The number of hydrogen-bond acceptors (Lipinski definition) is 4. The zero-order chi connectivity index (χ0) is 20.2.